The highest BCUT2D eigenvalue weighted by Gasteiger charge is 2.35. The molecule has 1 aliphatic rings. The van der Waals surface area contributed by atoms with Gasteiger partial charge in [-0.05, 0) is 62.2 Å². The lowest BCUT2D eigenvalue weighted by Gasteiger charge is -2.33. The zero-order chi connectivity index (χ0) is 30.4. The molecule has 0 saturated heterocycles. The van der Waals surface area contributed by atoms with Crippen LogP contribution in [-0.4, -0.2) is 50.9 Å². The first-order valence-corrected chi connectivity index (χ1v) is 16.0. The number of methoxy groups -OCH3 is 1. The summed E-state index contributed by atoms with van der Waals surface area (Å²) in [4.78, 5) is 28.8. The maximum Gasteiger partial charge on any atom is 0.264 e. The van der Waals surface area contributed by atoms with E-state index in [4.69, 9.17) is 39.5 Å². The van der Waals surface area contributed by atoms with Crippen molar-refractivity contribution in [3.63, 3.8) is 0 Å². The van der Waals surface area contributed by atoms with Crippen molar-refractivity contribution < 1.29 is 22.7 Å². The molecule has 1 unspecified atom stereocenters. The molecular formula is C30H32Cl3N3O5S. The second-order valence-corrected chi connectivity index (χ2v) is 13.1. The Morgan fingerprint density at radius 3 is 2.24 bits per heavy atom. The van der Waals surface area contributed by atoms with E-state index in [1.807, 2.05) is 0 Å². The molecule has 1 aliphatic carbocycles. The number of sulfonamides is 1. The Balaban J connectivity index is 1.76. The first-order chi connectivity index (χ1) is 20.0. The molecule has 1 N–H and O–H groups in total. The van der Waals surface area contributed by atoms with Gasteiger partial charge < -0.3 is 15.0 Å². The van der Waals surface area contributed by atoms with Gasteiger partial charge in [0.2, 0.25) is 11.8 Å². The number of carbonyl (C=O) groups is 2. The third-order valence-electron chi connectivity index (χ3n) is 7.28. The van der Waals surface area contributed by atoms with Crippen LogP contribution in [0.4, 0.5) is 5.69 Å². The predicted molar refractivity (Wildman–Crippen MR) is 166 cm³/mol. The van der Waals surface area contributed by atoms with Crippen LogP contribution in [0, 0.1) is 0 Å². The number of rotatable bonds is 11. The molecule has 4 rings (SSSR count). The van der Waals surface area contributed by atoms with Gasteiger partial charge in [0.1, 0.15) is 18.3 Å². The summed E-state index contributed by atoms with van der Waals surface area (Å²) in [6, 6.07) is 16.2. The Kier molecular flexibility index (Phi) is 10.6. The van der Waals surface area contributed by atoms with E-state index >= 15 is 0 Å². The smallest absolute Gasteiger partial charge is 0.264 e. The van der Waals surface area contributed by atoms with Crippen molar-refractivity contribution in [2.75, 3.05) is 18.0 Å². The summed E-state index contributed by atoms with van der Waals surface area (Å²) in [7, 11) is -2.90. The summed E-state index contributed by atoms with van der Waals surface area (Å²) < 4.78 is 34.4. The van der Waals surface area contributed by atoms with Gasteiger partial charge >= 0.3 is 0 Å². The maximum atomic E-state index is 14.2. The average Bonchev–Trinajstić information content (AvgIpc) is 3.48. The van der Waals surface area contributed by atoms with Gasteiger partial charge in [-0.3, -0.25) is 13.9 Å². The van der Waals surface area contributed by atoms with Crippen molar-refractivity contribution in [2.45, 2.75) is 56.1 Å². The Hall–Kier alpha value is -2.98. The highest BCUT2D eigenvalue weighted by molar-refractivity contribution is 7.92. The molecule has 224 valence electrons. The van der Waals surface area contributed by atoms with Gasteiger partial charge in [0, 0.05) is 33.2 Å². The summed E-state index contributed by atoms with van der Waals surface area (Å²) in [5, 5.41) is 3.90. The summed E-state index contributed by atoms with van der Waals surface area (Å²) in [5.41, 5.74) is 0.508. The maximum absolute atomic E-state index is 14.2. The lowest BCUT2D eigenvalue weighted by molar-refractivity contribution is -0.139. The Morgan fingerprint density at radius 2 is 1.62 bits per heavy atom. The fourth-order valence-corrected chi connectivity index (χ4v) is 7.04. The van der Waals surface area contributed by atoms with Crippen LogP contribution in [0.2, 0.25) is 15.1 Å². The highest BCUT2D eigenvalue weighted by Crippen LogP contribution is 2.35. The van der Waals surface area contributed by atoms with Crippen LogP contribution >= 0.6 is 34.8 Å². The first-order valence-electron chi connectivity index (χ1n) is 13.5. The van der Waals surface area contributed by atoms with Gasteiger partial charge in [0.15, 0.2) is 0 Å². The van der Waals surface area contributed by atoms with Crippen molar-refractivity contribution in [2.24, 2.45) is 0 Å². The van der Waals surface area contributed by atoms with E-state index < -0.39 is 28.5 Å². The molecular weight excluding hydrogens is 621 g/mol. The molecule has 1 saturated carbocycles. The molecule has 3 aromatic carbocycles. The summed E-state index contributed by atoms with van der Waals surface area (Å²) in [6.45, 7) is 0.822. The minimum absolute atomic E-state index is 0.0199. The van der Waals surface area contributed by atoms with E-state index in [2.05, 4.69) is 5.32 Å². The predicted octanol–water partition coefficient (Wildman–Crippen LogP) is 6.33. The van der Waals surface area contributed by atoms with E-state index in [1.165, 1.54) is 36.3 Å². The summed E-state index contributed by atoms with van der Waals surface area (Å²) in [6.07, 6.45) is 3.76. The topological polar surface area (TPSA) is 96.0 Å². The number of hydrogen-bond acceptors (Lipinski definition) is 5. The fourth-order valence-electron chi connectivity index (χ4n) is 4.92. The van der Waals surface area contributed by atoms with E-state index in [1.54, 1.807) is 49.4 Å². The van der Waals surface area contributed by atoms with Crippen LogP contribution in [0.25, 0.3) is 0 Å². The number of nitrogens with zero attached hydrogens (tertiary/aromatic N) is 2. The Labute approximate surface area is 261 Å². The minimum Gasteiger partial charge on any atom is -0.495 e. The average molecular weight is 653 g/mol. The molecule has 0 bridgehead atoms. The van der Waals surface area contributed by atoms with E-state index in [0.29, 0.717) is 15.6 Å². The van der Waals surface area contributed by atoms with Crippen LogP contribution in [-0.2, 0) is 26.2 Å². The van der Waals surface area contributed by atoms with Crippen LogP contribution in [0.1, 0.15) is 38.2 Å². The van der Waals surface area contributed by atoms with Crippen molar-refractivity contribution in [1.29, 1.82) is 0 Å². The van der Waals surface area contributed by atoms with Crippen molar-refractivity contribution in [1.82, 2.24) is 10.2 Å². The Morgan fingerprint density at radius 1 is 0.976 bits per heavy atom. The number of amides is 2. The number of halogens is 3. The largest absolute Gasteiger partial charge is 0.495 e. The molecule has 0 aliphatic heterocycles. The zero-order valence-corrected chi connectivity index (χ0v) is 26.3. The van der Waals surface area contributed by atoms with E-state index in [9.17, 15) is 18.0 Å². The Bertz CT molecular complexity index is 1510. The van der Waals surface area contributed by atoms with Gasteiger partial charge in [-0.25, -0.2) is 8.42 Å². The van der Waals surface area contributed by atoms with Crippen molar-refractivity contribution in [3.05, 3.63) is 87.4 Å². The fraction of sp³-hybridized carbons (Fsp3) is 0.333. The van der Waals surface area contributed by atoms with Gasteiger partial charge in [0.25, 0.3) is 10.0 Å². The van der Waals surface area contributed by atoms with E-state index in [0.717, 1.165) is 30.0 Å². The molecule has 42 heavy (non-hydrogen) atoms. The molecule has 1 atom stereocenters. The van der Waals surface area contributed by atoms with Gasteiger partial charge in [-0.15, -0.1) is 0 Å². The van der Waals surface area contributed by atoms with Crippen LogP contribution < -0.4 is 14.4 Å². The van der Waals surface area contributed by atoms with Crippen LogP contribution in [0.3, 0.4) is 0 Å². The number of ether oxygens (including phenoxy) is 1. The van der Waals surface area contributed by atoms with E-state index in [-0.39, 0.29) is 39.8 Å². The molecule has 3 aromatic rings. The van der Waals surface area contributed by atoms with Crippen LogP contribution in [0.5, 0.6) is 5.75 Å². The van der Waals surface area contributed by atoms with Crippen LogP contribution in [0.15, 0.2) is 71.6 Å². The molecule has 0 aromatic heterocycles. The quantitative estimate of drug-likeness (QED) is 0.261. The second kappa shape index (κ2) is 14.0. The third kappa shape index (κ3) is 7.32. The van der Waals surface area contributed by atoms with Crippen molar-refractivity contribution >= 4 is 62.3 Å². The molecule has 12 heteroatoms. The lowest BCUT2D eigenvalue weighted by Crippen LogP contribution is -2.52. The monoisotopic (exact) mass is 651 g/mol. The normalized spacial score (nSPS) is 14.3. The molecule has 2 amide bonds. The molecule has 0 heterocycles. The summed E-state index contributed by atoms with van der Waals surface area (Å²) >= 11 is 19.2. The minimum atomic E-state index is -4.29. The number of carbonyl (C=O) groups excluding carboxylic acids is 2. The van der Waals surface area contributed by atoms with Gasteiger partial charge in [-0.1, -0.05) is 71.9 Å². The van der Waals surface area contributed by atoms with Crippen molar-refractivity contribution in [3.8, 4) is 5.75 Å². The molecule has 0 radical (unpaired) electrons. The number of nitrogens with one attached hydrogen (secondary N) is 1. The summed E-state index contributed by atoms with van der Waals surface area (Å²) in [5.74, 6) is -0.808. The SMILES string of the molecule is COc1ccc(Cl)cc1N(CC(=O)N(Cc1c(Cl)cccc1Cl)C(C)C(=O)NC1CCCC1)S(=O)(=O)c1ccccc1. The first kappa shape index (κ1) is 31.9. The van der Waals surface area contributed by atoms with Gasteiger partial charge in [-0.2, -0.15) is 0 Å². The standard InChI is InChI=1S/C30H32Cl3N3O5S/c1-20(30(38)34-22-9-6-7-10-22)35(18-24-25(32)13-8-14-26(24)33)29(37)19-36(27-17-21(31)15-16-28(27)41-2)42(39,40)23-11-4-3-5-12-23/h3-5,8,11-17,20,22H,6-7,9-10,18-19H2,1-2H3,(H,34,38). The highest BCUT2D eigenvalue weighted by atomic mass is 35.5. The molecule has 0 spiro atoms. The number of benzene rings is 3. The molecule has 1 fully saturated rings. The zero-order valence-electron chi connectivity index (χ0n) is 23.2. The second-order valence-electron chi connectivity index (χ2n) is 10.0. The third-order valence-corrected chi connectivity index (χ3v) is 10.00. The lowest BCUT2D eigenvalue weighted by atomic mass is 10.1. The molecule has 8 nitrogen and oxygen atoms in total. The number of hydrogen-bond donors (Lipinski definition) is 1. The number of anilines is 1. The van der Waals surface area contributed by atoms with Gasteiger partial charge in [0.05, 0.1) is 17.7 Å².